The molecule has 0 spiro atoms. The Morgan fingerprint density at radius 1 is 1.14 bits per heavy atom. The lowest BCUT2D eigenvalue weighted by molar-refractivity contribution is -0.115. The number of sulfonamides is 1. The molecular weight excluding hydrogens is 502 g/mol. The number of hydrogen-bond acceptors (Lipinski definition) is 3. The van der Waals surface area contributed by atoms with Crippen molar-refractivity contribution in [2.24, 2.45) is 0 Å². The lowest BCUT2D eigenvalue weighted by atomic mass is 9.95. The maximum Gasteiger partial charge on any atom is 0.261 e. The van der Waals surface area contributed by atoms with E-state index in [1.807, 2.05) is 0 Å². The van der Waals surface area contributed by atoms with E-state index < -0.39 is 14.3 Å². The topological polar surface area (TPSA) is 63.2 Å². The minimum Gasteiger partial charge on any atom is -0.292 e. The molecule has 1 aliphatic carbocycles. The normalized spacial score (nSPS) is 23.0. The first-order valence-corrected chi connectivity index (χ1v) is 10.0. The van der Waals surface area contributed by atoms with Gasteiger partial charge in [0.15, 0.2) is 5.78 Å². The van der Waals surface area contributed by atoms with Crippen molar-refractivity contribution >= 4 is 63.6 Å². The Morgan fingerprint density at radius 3 is 2.23 bits per heavy atom. The van der Waals surface area contributed by atoms with Crippen LogP contribution in [0.4, 0.5) is 0 Å². The fourth-order valence-corrected chi connectivity index (χ4v) is 5.02. The van der Waals surface area contributed by atoms with Crippen molar-refractivity contribution in [1.29, 1.82) is 0 Å². The van der Waals surface area contributed by atoms with E-state index in [0.29, 0.717) is 20.2 Å². The van der Waals surface area contributed by atoms with Gasteiger partial charge in [-0.15, -0.1) is 0 Å². The van der Waals surface area contributed by atoms with Gasteiger partial charge in [0, 0.05) is 4.48 Å². The highest BCUT2D eigenvalue weighted by Gasteiger charge is 2.42. The van der Waals surface area contributed by atoms with Crippen LogP contribution in [0, 0.1) is 0 Å². The summed E-state index contributed by atoms with van der Waals surface area (Å²) in [5.74, 6) is -0.181. The van der Waals surface area contributed by atoms with Gasteiger partial charge in [0.2, 0.25) is 0 Å². The number of nitrogens with one attached hydrogen (secondary N) is 1. The molecule has 2 rings (SSSR count). The zero-order valence-corrected chi connectivity index (χ0v) is 17.2. The standard InChI is InChI=1S/C14H12Br3NO3S/c1-8-10(15)13(19)14(2,17)12(16)11(8)18-22(20,21)9-6-4-3-5-7-9/h3-7,18H,1-2H3/t14-/m0/s1. The van der Waals surface area contributed by atoms with Crippen LogP contribution in [0.25, 0.3) is 0 Å². The summed E-state index contributed by atoms with van der Waals surface area (Å²) in [5.41, 5.74) is 0.864. The SMILES string of the molecule is CC1=C(Br)C(=O)[C@@](C)(Br)C(Br)=C1NS(=O)(=O)c1ccccc1. The van der Waals surface area contributed by atoms with Gasteiger partial charge >= 0.3 is 0 Å². The minimum absolute atomic E-state index is 0.153. The van der Waals surface area contributed by atoms with Gasteiger partial charge in [-0.1, -0.05) is 50.1 Å². The first-order valence-electron chi connectivity index (χ1n) is 6.17. The third-order valence-corrected chi connectivity index (χ3v) is 8.05. The molecule has 0 aromatic heterocycles. The zero-order valence-electron chi connectivity index (χ0n) is 11.7. The van der Waals surface area contributed by atoms with E-state index in [0.717, 1.165) is 0 Å². The third kappa shape index (κ3) is 3.11. The number of alkyl halides is 1. The van der Waals surface area contributed by atoms with E-state index in [9.17, 15) is 13.2 Å². The van der Waals surface area contributed by atoms with Crippen molar-refractivity contribution in [2.45, 2.75) is 23.1 Å². The molecule has 118 valence electrons. The van der Waals surface area contributed by atoms with Crippen LogP contribution >= 0.6 is 47.8 Å². The molecule has 0 amide bonds. The molecule has 1 aliphatic rings. The van der Waals surface area contributed by atoms with Crippen LogP contribution < -0.4 is 4.72 Å². The van der Waals surface area contributed by atoms with Crippen molar-refractivity contribution < 1.29 is 13.2 Å². The molecule has 22 heavy (non-hydrogen) atoms. The van der Waals surface area contributed by atoms with Gasteiger partial charge in [-0.3, -0.25) is 9.52 Å². The highest BCUT2D eigenvalue weighted by atomic mass is 79.9. The number of carbonyl (C=O) groups is 1. The molecule has 4 nitrogen and oxygen atoms in total. The summed E-state index contributed by atoms with van der Waals surface area (Å²) in [5, 5.41) is 0. The van der Waals surface area contributed by atoms with Gasteiger partial charge in [0.1, 0.15) is 4.32 Å². The molecule has 0 saturated carbocycles. The van der Waals surface area contributed by atoms with Crippen molar-refractivity contribution in [2.75, 3.05) is 0 Å². The molecule has 0 unspecified atom stereocenters. The Labute approximate surface area is 154 Å². The fourth-order valence-electron chi connectivity index (χ4n) is 1.90. The van der Waals surface area contributed by atoms with Crippen LogP contribution in [-0.2, 0) is 14.8 Å². The Hall–Kier alpha value is -0.440. The maximum absolute atomic E-state index is 12.5. The van der Waals surface area contributed by atoms with Crippen LogP contribution in [0.1, 0.15) is 13.8 Å². The van der Waals surface area contributed by atoms with Crippen molar-refractivity contribution in [3.05, 3.63) is 50.6 Å². The van der Waals surface area contributed by atoms with E-state index in [-0.39, 0.29) is 10.7 Å². The molecule has 1 atom stereocenters. The second-order valence-electron chi connectivity index (χ2n) is 4.88. The molecule has 1 aromatic rings. The summed E-state index contributed by atoms with van der Waals surface area (Å²) < 4.78 is 27.3. The highest BCUT2D eigenvalue weighted by Crippen LogP contribution is 2.44. The molecule has 1 N–H and O–H groups in total. The largest absolute Gasteiger partial charge is 0.292 e. The smallest absolute Gasteiger partial charge is 0.261 e. The number of halogens is 3. The van der Waals surface area contributed by atoms with Crippen LogP contribution in [0.2, 0.25) is 0 Å². The quantitative estimate of drug-likeness (QED) is 0.622. The van der Waals surface area contributed by atoms with Gasteiger partial charge in [-0.25, -0.2) is 8.42 Å². The lowest BCUT2D eigenvalue weighted by Crippen LogP contribution is -2.37. The zero-order chi connectivity index (χ0) is 16.7. The number of allylic oxidation sites excluding steroid dienone is 3. The molecule has 0 radical (unpaired) electrons. The van der Waals surface area contributed by atoms with Crippen LogP contribution in [0.3, 0.4) is 0 Å². The van der Waals surface area contributed by atoms with Crippen molar-refractivity contribution in [1.82, 2.24) is 4.72 Å². The molecule has 8 heteroatoms. The Morgan fingerprint density at radius 2 is 1.68 bits per heavy atom. The Kier molecular flexibility index (Phi) is 5.06. The maximum atomic E-state index is 12.5. The van der Waals surface area contributed by atoms with Gasteiger partial charge in [-0.05, 0) is 47.5 Å². The molecule has 1 aromatic carbocycles. The van der Waals surface area contributed by atoms with Gasteiger partial charge < -0.3 is 0 Å². The predicted octanol–water partition coefficient (Wildman–Crippen LogP) is 3.98. The van der Waals surface area contributed by atoms with Crippen LogP contribution in [0.15, 0.2) is 55.5 Å². The van der Waals surface area contributed by atoms with Crippen molar-refractivity contribution in [3.8, 4) is 0 Å². The average molecular weight is 514 g/mol. The number of carbonyl (C=O) groups excluding carboxylic acids is 1. The number of Topliss-reactive ketones (excluding diaryl/α,β-unsaturated/α-hetero) is 1. The molecular formula is C14H12Br3NO3S. The minimum atomic E-state index is -3.74. The average Bonchev–Trinajstić information content (AvgIpc) is 2.49. The number of benzene rings is 1. The lowest BCUT2D eigenvalue weighted by Gasteiger charge is -2.30. The van der Waals surface area contributed by atoms with Gasteiger partial charge in [0.05, 0.1) is 15.1 Å². The Bertz CT molecular complexity index is 796. The van der Waals surface area contributed by atoms with Gasteiger partial charge in [-0.2, -0.15) is 0 Å². The molecule has 0 bridgehead atoms. The number of ketones is 1. The predicted molar refractivity (Wildman–Crippen MR) is 96.7 cm³/mol. The highest BCUT2D eigenvalue weighted by molar-refractivity contribution is 9.14. The summed E-state index contributed by atoms with van der Waals surface area (Å²) >= 11 is 9.92. The third-order valence-electron chi connectivity index (χ3n) is 3.25. The van der Waals surface area contributed by atoms with Crippen LogP contribution in [-0.4, -0.2) is 18.5 Å². The monoisotopic (exact) mass is 511 g/mol. The number of hydrogen-bond donors (Lipinski definition) is 1. The van der Waals surface area contributed by atoms with Gasteiger partial charge in [0.25, 0.3) is 10.0 Å². The fraction of sp³-hybridized carbons (Fsp3) is 0.214. The first kappa shape index (κ1) is 17.9. The van der Waals surface area contributed by atoms with E-state index >= 15 is 0 Å². The molecule has 0 saturated heterocycles. The van der Waals surface area contributed by atoms with E-state index in [1.165, 1.54) is 12.1 Å². The molecule has 0 heterocycles. The second-order valence-corrected chi connectivity index (χ2v) is 9.73. The number of rotatable bonds is 3. The summed E-state index contributed by atoms with van der Waals surface area (Å²) in [6, 6.07) is 8.05. The summed E-state index contributed by atoms with van der Waals surface area (Å²) in [4.78, 5) is 12.4. The van der Waals surface area contributed by atoms with Crippen molar-refractivity contribution in [3.63, 3.8) is 0 Å². The summed E-state index contributed by atoms with van der Waals surface area (Å²) in [7, 11) is -3.74. The molecule has 0 aliphatic heterocycles. The summed E-state index contributed by atoms with van der Waals surface area (Å²) in [6.45, 7) is 3.33. The van der Waals surface area contributed by atoms with E-state index in [1.54, 1.807) is 32.0 Å². The van der Waals surface area contributed by atoms with Crippen LogP contribution in [0.5, 0.6) is 0 Å². The van der Waals surface area contributed by atoms with E-state index in [4.69, 9.17) is 0 Å². The summed E-state index contributed by atoms with van der Waals surface area (Å²) in [6.07, 6.45) is 0. The molecule has 0 fully saturated rings. The first-order chi connectivity index (χ1) is 10.1. The van der Waals surface area contributed by atoms with E-state index in [2.05, 4.69) is 52.5 Å². The second kappa shape index (κ2) is 6.22. The Balaban J connectivity index is 2.53.